The van der Waals surface area contributed by atoms with E-state index in [0.29, 0.717) is 6.54 Å². The van der Waals surface area contributed by atoms with Crippen LogP contribution in [0.4, 0.5) is 4.39 Å². The standard InChI is InChI=1S/C11H10FNS2/c12-9-4-8(7-13)5-10(6-9)15-11-2-1-3-14-11/h1-6H,7,13H2. The lowest BCUT2D eigenvalue weighted by Gasteiger charge is -2.02. The van der Waals surface area contributed by atoms with Crippen molar-refractivity contribution in [2.45, 2.75) is 15.6 Å². The van der Waals surface area contributed by atoms with E-state index in [1.165, 1.54) is 12.1 Å². The highest BCUT2D eigenvalue weighted by Gasteiger charge is 2.02. The third kappa shape index (κ3) is 2.81. The second kappa shape index (κ2) is 4.79. The minimum absolute atomic E-state index is 0.225. The van der Waals surface area contributed by atoms with Crippen molar-refractivity contribution in [3.05, 3.63) is 47.1 Å². The van der Waals surface area contributed by atoms with Crippen LogP contribution in [0.25, 0.3) is 0 Å². The number of hydrogen-bond donors (Lipinski definition) is 1. The van der Waals surface area contributed by atoms with Gasteiger partial charge in [-0.2, -0.15) is 0 Å². The zero-order valence-electron chi connectivity index (χ0n) is 7.94. The van der Waals surface area contributed by atoms with Crippen LogP contribution in [0.2, 0.25) is 0 Å². The summed E-state index contributed by atoms with van der Waals surface area (Å²) in [5.41, 5.74) is 6.32. The van der Waals surface area contributed by atoms with E-state index in [2.05, 4.69) is 0 Å². The lowest BCUT2D eigenvalue weighted by molar-refractivity contribution is 0.621. The molecule has 0 saturated heterocycles. The van der Waals surface area contributed by atoms with E-state index in [1.54, 1.807) is 23.1 Å². The van der Waals surface area contributed by atoms with Gasteiger partial charge >= 0.3 is 0 Å². The summed E-state index contributed by atoms with van der Waals surface area (Å²) in [5, 5.41) is 2.01. The average molecular weight is 239 g/mol. The summed E-state index contributed by atoms with van der Waals surface area (Å²) in [6, 6.07) is 8.92. The van der Waals surface area contributed by atoms with Crippen molar-refractivity contribution in [3.8, 4) is 0 Å². The van der Waals surface area contributed by atoms with Crippen molar-refractivity contribution in [1.29, 1.82) is 0 Å². The average Bonchev–Trinajstić information content (AvgIpc) is 2.69. The molecule has 0 spiro atoms. The molecule has 0 fully saturated rings. The van der Waals surface area contributed by atoms with Gasteiger partial charge in [0.1, 0.15) is 5.82 Å². The molecule has 0 saturated carbocycles. The molecule has 0 atom stereocenters. The molecule has 0 aliphatic rings. The van der Waals surface area contributed by atoms with Crippen LogP contribution in [-0.4, -0.2) is 0 Å². The summed E-state index contributed by atoms with van der Waals surface area (Å²) in [6.07, 6.45) is 0. The molecular formula is C11H10FNS2. The summed E-state index contributed by atoms with van der Waals surface area (Å²) in [7, 11) is 0. The maximum atomic E-state index is 13.2. The van der Waals surface area contributed by atoms with Gasteiger partial charge in [0.25, 0.3) is 0 Å². The maximum absolute atomic E-state index is 13.2. The van der Waals surface area contributed by atoms with E-state index in [-0.39, 0.29) is 5.82 Å². The maximum Gasteiger partial charge on any atom is 0.124 e. The molecule has 0 unspecified atom stereocenters. The first-order valence-electron chi connectivity index (χ1n) is 4.49. The molecule has 1 heterocycles. The molecule has 4 heteroatoms. The molecule has 1 aromatic carbocycles. The Balaban J connectivity index is 2.24. The summed E-state index contributed by atoms with van der Waals surface area (Å²) in [4.78, 5) is 0.901. The Hall–Kier alpha value is -0.840. The molecule has 78 valence electrons. The van der Waals surface area contributed by atoms with E-state index in [4.69, 9.17) is 5.73 Å². The fourth-order valence-corrected chi connectivity index (χ4v) is 3.09. The van der Waals surface area contributed by atoms with Crippen LogP contribution in [0.1, 0.15) is 5.56 Å². The lowest BCUT2D eigenvalue weighted by Crippen LogP contribution is -1.96. The third-order valence-electron chi connectivity index (χ3n) is 1.88. The van der Waals surface area contributed by atoms with Gasteiger partial charge in [-0.3, -0.25) is 0 Å². The first kappa shape index (κ1) is 10.7. The summed E-state index contributed by atoms with van der Waals surface area (Å²) >= 11 is 3.21. The second-order valence-electron chi connectivity index (χ2n) is 3.03. The van der Waals surface area contributed by atoms with E-state index in [9.17, 15) is 4.39 Å². The fourth-order valence-electron chi connectivity index (χ4n) is 1.24. The number of halogens is 1. The van der Waals surface area contributed by atoms with Crippen molar-refractivity contribution < 1.29 is 4.39 Å². The SMILES string of the molecule is NCc1cc(F)cc(Sc2cccs2)c1. The van der Waals surface area contributed by atoms with Gasteiger partial charge in [0.2, 0.25) is 0 Å². The molecule has 2 rings (SSSR count). The Kier molecular flexibility index (Phi) is 3.41. The number of nitrogens with two attached hydrogens (primary N) is 1. The van der Waals surface area contributed by atoms with Gasteiger partial charge in [0, 0.05) is 11.4 Å². The van der Waals surface area contributed by atoms with E-state index in [1.807, 2.05) is 23.6 Å². The number of benzene rings is 1. The molecule has 2 aromatic rings. The molecule has 0 bridgehead atoms. The van der Waals surface area contributed by atoms with Crippen LogP contribution in [-0.2, 0) is 6.54 Å². The Morgan fingerprint density at radius 1 is 1.33 bits per heavy atom. The Labute approximate surface area is 96.1 Å². The minimum Gasteiger partial charge on any atom is -0.326 e. The lowest BCUT2D eigenvalue weighted by atomic mass is 10.2. The summed E-state index contributed by atoms with van der Waals surface area (Å²) in [5.74, 6) is -0.225. The van der Waals surface area contributed by atoms with Gasteiger partial charge in [-0.05, 0) is 35.2 Å². The predicted molar refractivity (Wildman–Crippen MR) is 62.7 cm³/mol. The highest BCUT2D eigenvalue weighted by Crippen LogP contribution is 2.32. The van der Waals surface area contributed by atoms with Crippen LogP contribution in [0.3, 0.4) is 0 Å². The van der Waals surface area contributed by atoms with Gasteiger partial charge < -0.3 is 5.73 Å². The largest absolute Gasteiger partial charge is 0.326 e. The van der Waals surface area contributed by atoms with Crippen molar-refractivity contribution in [1.82, 2.24) is 0 Å². The molecular weight excluding hydrogens is 229 g/mol. The first-order valence-corrected chi connectivity index (χ1v) is 6.18. The Morgan fingerprint density at radius 3 is 2.87 bits per heavy atom. The van der Waals surface area contributed by atoms with Crippen LogP contribution in [0.15, 0.2) is 44.8 Å². The molecule has 15 heavy (non-hydrogen) atoms. The van der Waals surface area contributed by atoms with E-state index >= 15 is 0 Å². The van der Waals surface area contributed by atoms with Gasteiger partial charge in [0.15, 0.2) is 0 Å². The predicted octanol–water partition coefficient (Wildman–Crippen LogP) is 3.50. The van der Waals surface area contributed by atoms with Crippen LogP contribution in [0.5, 0.6) is 0 Å². The van der Waals surface area contributed by atoms with Gasteiger partial charge in [-0.25, -0.2) is 4.39 Å². The van der Waals surface area contributed by atoms with Crippen molar-refractivity contribution >= 4 is 23.1 Å². The molecule has 2 N–H and O–H groups in total. The zero-order valence-corrected chi connectivity index (χ0v) is 9.58. The van der Waals surface area contributed by atoms with E-state index < -0.39 is 0 Å². The zero-order chi connectivity index (χ0) is 10.7. The molecule has 0 amide bonds. The number of rotatable bonds is 3. The van der Waals surface area contributed by atoms with Crippen molar-refractivity contribution in [2.75, 3.05) is 0 Å². The topological polar surface area (TPSA) is 26.0 Å². The van der Waals surface area contributed by atoms with Crippen LogP contribution in [0, 0.1) is 5.82 Å². The van der Waals surface area contributed by atoms with Gasteiger partial charge in [-0.15, -0.1) is 11.3 Å². The van der Waals surface area contributed by atoms with Crippen LogP contribution < -0.4 is 5.73 Å². The molecule has 1 nitrogen and oxygen atoms in total. The molecule has 0 aliphatic carbocycles. The van der Waals surface area contributed by atoms with Gasteiger partial charge in [0.05, 0.1) is 4.21 Å². The highest BCUT2D eigenvalue weighted by atomic mass is 32.2. The normalized spacial score (nSPS) is 10.5. The monoisotopic (exact) mass is 239 g/mol. The Bertz CT molecular complexity index is 440. The minimum atomic E-state index is -0.225. The third-order valence-corrected chi connectivity index (χ3v) is 3.89. The molecule has 0 radical (unpaired) electrons. The van der Waals surface area contributed by atoms with Crippen molar-refractivity contribution in [3.63, 3.8) is 0 Å². The molecule has 0 aliphatic heterocycles. The second-order valence-corrected chi connectivity index (χ2v) is 5.35. The number of hydrogen-bond acceptors (Lipinski definition) is 3. The van der Waals surface area contributed by atoms with Crippen LogP contribution >= 0.6 is 23.1 Å². The van der Waals surface area contributed by atoms with Gasteiger partial charge in [-0.1, -0.05) is 17.8 Å². The van der Waals surface area contributed by atoms with E-state index in [0.717, 1.165) is 14.7 Å². The smallest absolute Gasteiger partial charge is 0.124 e. The number of thiophene rings is 1. The summed E-state index contributed by atoms with van der Waals surface area (Å²) in [6.45, 7) is 0.371. The first-order chi connectivity index (χ1) is 7.28. The fraction of sp³-hybridized carbons (Fsp3) is 0.0909. The Morgan fingerprint density at radius 2 is 2.20 bits per heavy atom. The van der Waals surface area contributed by atoms with Crippen molar-refractivity contribution in [2.24, 2.45) is 5.73 Å². The summed E-state index contributed by atoms with van der Waals surface area (Å²) < 4.78 is 14.3. The highest BCUT2D eigenvalue weighted by molar-refractivity contribution is 8.01. The quantitative estimate of drug-likeness (QED) is 0.887. The molecule has 1 aromatic heterocycles.